The molecule has 2 heterocycles. The number of carbonyl (C=O) groups is 2. The number of benzene rings is 1. The molecule has 0 aliphatic carbocycles. The van der Waals surface area contributed by atoms with Gasteiger partial charge in [-0.2, -0.15) is 5.10 Å². The monoisotopic (exact) mass is 370 g/mol. The molecular weight excluding hydrogens is 344 g/mol. The van der Waals surface area contributed by atoms with Crippen molar-refractivity contribution in [1.82, 2.24) is 20.0 Å². The quantitative estimate of drug-likeness (QED) is 0.892. The second kappa shape index (κ2) is 8.24. The topological polar surface area (TPSA) is 78.5 Å². The van der Waals surface area contributed by atoms with E-state index in [2.05, 4.69) is 10.2 Å². The molecule has 1 fully saturated rings. The molecule has 1 N–H and O–H groups in total. The van der Waals surface area contributed by atoms with E-state index < -0.39 is 0 Å². The van der Waals surface area contributed by atoms with Gasteiger partial charge in [0.05, 0.1) is 19.2 Å². The molecule has 0 radical (unpaired) electrons. The molecule has 0 unspecified atom stereocenters. The SMILES string of the molecule is COc1cccc(C(=O)N2CCCN(C(=O)Cc3c(C)n[nH]c3C)CC2)c1. The first-order valence-corrected chi connectivity index (χ1v) is 9.21. The Hall–Kier alpha value is -2.83. The van der Waals surface area contributed by atoms with Crippen LogP contribution < -0.4 is 4.74 Å². The van der Waals surface area contributed by atoms with Gasteiger partial charge in [-0.3, -0.25) is 14.7 Å². The van der Waals surface area contributed by atoms with Crippen LogP contribution in [0.2, 0.25) is 0 Å². The van der Waals surface area contributed by atoms with E-state index in [4.69, 9.17) is 4.74 Å². The third-order valence-electron chi connectivity index (χ3n) is 5.06. The van der Waals surface area contributed by atoms with Gasteiger partial charge in [0.2, 0.25) is 5.91 Å². The fraction of sp³-hybridized carbons (Fsp3) is 0.450. The van der Waals surface area contributed by atoms with Crippen molar-refractivity contribution in [2.24, 2.45) is 0 Å². The second-order valence-corrected chi connectivity index (χ2v) is 6.85. The first kappa shape index (κ1) is 18.9. The van der Waals surface area contributed by atoms with E-state index in [1.165, 1.54) is 0 Å². The lowest BCUT2D eigenvalue weighted by atomic mass is 10.1. The average molecular weight is 370 g/mol. The molecule has 0 saturated carbocycles. The lowest BCUT2D eigenvalue weighted by Crippen LogP contribution is -2.38. The summed E-state index contributed by atoms with van der Waals surface area (Å²) >= 11 is 0. The Morgan fingerprint density at radius 3 is 2.59 bits per heavy atom. The lowest BCUT2D eigenvalue weighted by molar-refractivity contribution is -0.130. The number of aromatic nitrogens is 2. The number of carbonyl (C=O) groups excluding carboxylic acids is 2. The van der Waals surface area contributed by atoms with Crippen LogP contribution in [-0.4, -0.2) is 65.1 Å². The predicted molar refractivity (Wildman–Crippen MR) is 102 cm³/mol. The highest BCUT2D eigenvalue weighted by Crippen LogP contribution is 2.17. The maximum Gasteiger partial charge on any atom is 0.254 e. The standard InChI is InChI=1S/C20H26N4O3/c1-14-18(15(2)22-21-14)13-19(25)23-8-5-9-24(11-10-23)20(26)16-6-4-7-17(12-16)27-3/h4,6-7,12H,5,8-11,13H2,1-3H3,(H,21,22). The summed E-state index contributed by atoms with van der Waals surface area (Å²) in [7, 11) is 1.59. The van der Waals surface area contributed by atoms with Crippen molar-refractivity contribution in [2.75, 3.05) is 33.3 Å². The number of nitrogens with zero attached hydrogens (tertiary/aromatic N) is 3. The Bertz CT molecular complexity index is 811. The van der Waals surface area contributed by atoms with Crippen LogP contribution in [0.3, 0.4) is 0 Å². The number of hydrogen-bond acceptors (Lipinski definition) is 4. The van der Waals surface area contributed by atoms with Crippen molar-refractivity contribution in [3.05, 3.63) is 46.8 Å². The molecule has 7 heteroatoms. The van der Waals surface area contributed by atoms with Gasteiger partial charge in [0.15, 0.2) is 0 Å². The van der Waals surface area contributed by atoms with Crippen LogP contribution in [0.4, 0.5) is 0 Å². The van der Waals surface area contributed by atoms with Gasteiger partial charge in [-0.25, -0.2) is 0 Å². The average Bonchev–Trinajstić information content (AvgIpc) is 2.89. The van der Waals surface area contributed by atoms with Crippen LogP contribution in [0, 0.1) is 13.8 Å². The largest absolute Gasteiger partial charge is 0.497 e. The van der Waals surface area contributed by atoms with E-state index in [0.29, 0.717) is 43.9 Å². The molecule has 1 aliphatic heterocycles. The van der Waals surface area contributed by atoms with E-state index in [0.717, 1.165) is 23.4 Å². The molecule has 2 aromatic rings. The summed E-state index contributed by atoms with van der Waals surface area (Å²) in [5.41, 5.74) is 3.38. The zero-order valence-corrected chi connectivity index (χ0v) is 16.1. The zero-order chi connectivity index (χ0) is 19.4. The van der Waals surface area contributed by atoms with Crippen molar-refractivity contribution >= 4 is 11.8 Å². The van der Waals surface area contributed by atoms with Crippen LogP contribution in [0.5, 0.6) is 5.75 Å². The molecule has 1 saturated heterocycles. The maximum atomic E-state index is 12.8. The summed E-state index contributed by atoms with van der Waals surface area (Å²) in [6.07, 6.45) is 1.11. The molecule has 0 spiro atoms. The molecule has 1 aromatic heterocycles. The van der Waals surface area contributed by atoms with Crippen LogP contribution in [0.25, 0.3) is 0 Å². The third-order valence-corrected chi connectivity index (χ3v) is 5.06. The van der Waals surface area contributed by atoms with E-state index in [9.17, 15) is 9.59 Å². The molecule has 0 bridgehead atoms. The minimum absolute atomic E-state index is 0.0234. The third kappa shape index (κ3) is 4.30. The number of ether oxygens (including phenoxy) is 1. The van der Waals surface area contributed by atoms with Gasteiger partial charge >= 0.3 is 0 Å². The van der Waals surface area contributed by atoms with Crippen molar-refractivity contribution in [1.29, 1.82) is 0 Å². The minimum atomic E-state index is -0.0234. The van der Waals surface area contributed by atoms with Gasteiger partial charge in [0.1, 0.15) is 5.75 Å². The molecule has 2 amide bonds. The number of hydrogen-bond donors (Lipinski definition) is 1. The van der Waals surface area contributed by atoms with Gasteiger partial charge < -0.3 is 14.5 Å². The van der Waals surface area contributed by atoms with E-state index in [1.54, 1.807) is 19.2 Å². The number of rotatable bonds is 4. The molecule has 0 atom stereocenters. The fourth-order valence-electron chi connectivity index (χ4n) is 3.41. The van der Waals surface area contributed by atoms with Crippen LogP contribution in [-0.2, 0) is 11.2 Å². The molecule has 144 valence electrons. The first-order chi connectivity index (χ1) is 13.0. The van der Waals surface area contributed by atoms with Crippen LogP contribution in [0.1, 0.15) is 33.7 Å². The van der Waals surface area contributed by atoms with Gasteiger partial charge in [-0.15, -0.1) is 0 Å². The Kier molecular flexibility index (Phi) is 5.78. The number of nitrogens with one attached hydrogen (secondary N) is 1. The molecular formula is C20H26N4O3. The molecule has 1 aliphatic rings. The summed E-state index contributed by atoms with van der Waals surface area (Å²) in [4.78, 5) is 29.2. The zero-order valence-electron chi connectivity index (χ0n) is 16.1. The smallest absolute Gasteiger partial charge is 0.254 e. The Balaban J connectivity index is 1.63. The summed E-state index contributed by atoms with van der Waals surface area (Å²) in [5, 5.41) is 7.08. The molecule has 7 nitrogen and oxygen atoms in total. The van der Waals surface area contributed by atoms with Crippen LogP contribution >= 0.6 is 0 Å². The summed E-state index contributed by atoms with van der Waals surface area (Å²) in [6.45, 7) is 6.22. The minimum Gasteiger partial charge on any atom is -0.497 e. The van der Waals surface area contributed by atoms with Crippen molar-refractivity contribution < 1.29 is 14.3 Å². The fourth-order valence-corrected chi connectivity index (χ4v) is 3.41. The number of aryl methyl sites for hydroxylation is 2. The molecule has 1 aromatic carbocycles. The number of aromatic amines is 1. The number of amides is 2. The Labute approximate surface area is 159 Å². The van der Waals surface area contributed by atoms with E-state index in [1.807, 2.05) is 35.8 Å². The van der Waals surface area contributed by atoms with Crippen LogP contribution in [0.15, 0.2) is 24.3 Å². The van der Waals surface area contributed by atoms with Crippen molar-refractivity contribution in [3.63, 3.8) is 0 Å². The summed E-state index contributed by atoms with van der Waals surface area (Å²) < 4.78 is 5.20. The highest BCUT2D eigenvalue weighted by molar-refractivity contribution is 5.94. The summed E-state index contributed by atoms with van der Waals surface area (Å²) in [6, 6.07) is 7.18. The Morgan fingerprint density at radius 2 is 1.89 bits per heavy atom. The number of methoxy groups -OCH3 is 1. The number of H-pyrrole nitrogens is 1. The van der Waals surface area contributed by atoms with Gasteiger partial charge in [-0.1, -0.05) is 6.07 Å². The van der Waals surface area contributed by atoms with Crippen molar-refractivity contribution in [2.45, 2.75) is 26.7 Å². The normalized spacial score (nSPS) is 14.8. The predicted octanol–water partition coefficient (Wildman–Crippen LogP) is 1.95. The van der Waals surface area contributed by atoms with Gasteiger partial charge in [0, 0.05) is 43.0 Å². The first-order valence-electron chi connectivity index (χ1n) is 9.21. The highest BCUT2D eigenvalue weighted by atomic mass is 16.5. The lowest BCUT2D eigenvalue weighted by Gasteiger charge is -2.22. The highest BCUT2D eigenvalue weighted by Gasteiger charge is 2.24. The second-order valence-electron chi connectivity index (χ2n) is 6.85. The molecule has 3 rings (SSSR count). The van der Waals surface area contributed by atoms with E-state index >= 15 is 0 Å². The van der Waals surface area contributed by atoms with Gasteiger partial charge in [0.25, 0.3) is 5.91 Å². The van der Waals surface area contributed by atoms with Gasteiger partial charge in [-0.05, 0) is 38.5 Å². The Morgan fingerprint density at radius 1 is 1.15 bits per heavy atom. The van der Waals surface area contributed by atoms with E-state index in [-0.39, 0.29) is 11.8 Å². The summed E-state index contributed by atoms with van der Waals surface area (Å²) in [5.74, 6) is 0.723. The molecule has 27 heavy (non-hydrogen) atoms. The van der Waals surface area contributed by atoms with Crippen molar-refractivity contribution in [3.8, 4) is 5.75 Å². The maximum absolute atomic E-state index is 12.8.